The normalized spacial score (nSPS) is 21.3. The third kappa shape index (κ3) is 2.18. The van der Waals surface area contributed by atoms with Crippen LogP contribution in [0.2, 0.25) is 0 Å². The van der Waals surface area contributed by atoms with Crippen molar-refractivity contribution in [2.75, 3.05) is 13.7 Å². The molecule has 1 saturated heterocycles. The van der Waals surface area contributed by atoms with Crippen LogP contribution in [0.25, 0.3) is 0 Å². The average molecular weight is 210 g/mol. The van der Waals surface area contributed by atoms with Gasteiger partial charge in [0.15, 0.2) is 0 Å². The monoisotopic (exact) mass is 210 g/mol. The lowest BCUT2D eigenvalue weighted by atomic mass is 10.2. The number of nitrogens with zero attached hydrogens (tertiary/aromatic N) is 2. The predicted molar refractivity (Wildman–Crippen MR) is 52.4 cm³/mol. The minimum atomic E-state index is -0.364. The van der Waals surface area contributed by atoms with E-state index in [-0.39, 0.29) is 12.2 Å². The van der Waals surface area contributed by atoms with Gasteiger partial charge in [0.25, 0.3) is 0 Å². The van der Waals surface area contributed by atoms with Crippen LogP contribution < -0.4 is 0 Å². The van der Waals surface area contributed by atoms with Gasteiger partial charge in [0.1, 0.15) is 6.23 Å². The number of ether oxygens (including phenoxy) is 2. The van der Waals surface area contributed by atoms with Crippen molar-refractivity contribution in [3.8, 4) is 0 Å². The number of esters is 1. The molecule has 1 unspecified atom stereocenters. The molecule has 15 heavy (non-hydrogen) atoms. The number of methoxy groups -OCH3 is 1. The fourth-order valence-electron chi connectivity index (χ4n) is 1.65. The van der Waals surface area contributed by atoms with E-state index < -0.39 is 0 Å². The summed E-state index contributed by atoms with van der Waals surface area (Å²) in [5.41, 5.74) is 0.465. The van der Waals surface area contributed by atoms with E-state index in [1.165, 1.54) is 13.3 Å². The highest BCUT2D eigenvalue weighted by Gasteiger charge is 2.18. The van der Waals surface area contributed by atoms with Crippen LogP contribution in [-0.2, 0) is 9.47 Å². The third-order valence-electron chi connectivity index (χ3n) is 2.47. The molecule has 1 aliphatic heterocycles. The first kappa shape index (κ1) is 10.2. The topological polar surface area (TPSA) is 53.3 Å². The second kappa shape index (κ2) is 4.44. The van der Waals surface area contributed by atoms with E-state index in [0.717, 1.165) is 25.9 Å². The lowest BCUT2D eigenvalue weighted by Gasteiger charge is -2.22. The van der Waals surface area contributed by atoms with E-state index >= 15 is 0 Å². The zero-order valence-electron chi connectivity index (χ0n) is 8.68. The smallest absolute Gasteiger partial charge is 0.341 e. The van der Waals surface area contributed by atoms with Gasteiger partial charge in [0.05, 0.1) is 18.9 Å². The molecule has 1 aromatic heterocycles. The summed E-state index contributed by atoms with van der Waals surface area (Å²) in [6.07, 6.45) is 6.32. The van der Waals surface area contributed by atoms with E-state index in [4.69, 9.17) is 4.74 Å². The highest BCUT2D eigenvalue weighted by Crippen LogP contribution is 2.21. The standard InChI is InChI=1S/C10H14N2O3/c1-14-10(13)8-6-11-12(7-8)9-4-2-3-5-15-9/h6-7,9H,2-5H2,1H3. The van der Waals surface area contributed by atoms with Gasteiger partial charge in [0.2, 0.25) is 0 Å². The molecule has 0 spiro atoms. The van der Waals surface area contributed by atoms with Crippen LogP contribution in [0.1, 0.15) is 35.8 Å². The zero-order valence-corrected chi connectivity index (χ0v) is 8.68. The van der Waals surface area contributed by atoms with Gasteiger partial charge in [-0.05, 0) is 19.3 Å². The number of hydrogen-bond donors (Lipinski definition) is 0. The Morgan fingerprint density at radius 2 is 2.53 bits per heavy atom. The van der Waals surface area contributed by atoms with Crippen molar-refractivity contribution in [2.45, 2.75) is 25.5 Å². The van der Waals surface area contributed by atoms with E-state index in [1.54, 1.807) is 10.9 Å². The van der Waals surface area contributed by atoms with Crippen LogP contribution in [-0.4, -0.2) is 29.5 Å². The second-order valence-corrected chi connectivity index (χ2v) is 3.52. The van der Waals surface area contributed by atoms with Crippen LogP contribution in [0.5, 0.6) is 0 Å². The molecule has 0 amide bonds. The number of hydrogen-bond acceptors (Lipinski definition) is 4. The molecular weight excluding hydrogens is 196 g/mol. The van der Waals surface area contributed by atoms with Crippen molar-refractivity contribution in [1.82, 2.24) is 9.78 Å². The fourth-order valence-corrected chi connectivity index (χ4v) is 1.65. The fraction of sp³-hybridized carbons (Fsp3) is 0.600. The Morgan fingerprint density at radius 3 is 3.20 bits per heavy atom. The minimum absolute atomic E-state index is 0.0304. The molecule has 1 atom stereocenters. The van der Waals surface area contributed by atoms with E-state index in [2.05, 4.69) is 9.84 Å². The first-order valence-electron chi connectivity index (χ1n) is 5.05. The number of carbonyl (C=O) groups is 1. The van der Waals surface area contributed by atoms with Crippen LogP contribution in [0.3, 0.4) is 0 Å². The van der Waals surface area contributed by atoms with Gasteiger partial charge >= 0.3 is 5.97 Å². The molecule has 5 nitrogen and oxygen atoms in total. The summed E-state index contributed by atoms with van der Waals surface area (Å²) < 4.78 is 11.8. The molecule has 1 aliphatic rings. The van der Waals surface area contributed by atoms with Crippen LogP contribution in [0.4, 0.5) is 0 Å². The summed E-state index contributed by atoms with van der Waals surface area (Å²) in [6, 6.07) is 0. The molecular formula is C10H14N2O3. The highest BCUT2D eigenvalue weighted by atomic mass is 16.5. The van der Waals surface area contributed by atoms with Gasteiger partial charge in [0, 0.05) is 12.8 Å². The van der Waals surface area contributed by atoms with E-state index in [9.17, 15) is 4.79 Å². The van der Waals surface area contributed by atoms with Crippen LogP contribution in [0.15, 0.2) is 12.4 Å². The molecule has 5 heteroatoms. The molecule has 0 aliphatic carbocycles. The number of aromatic nitrogens is 2. The largest absolute Gasteiger partial charge is 0.465 e. The maximum absolute atomic E-state index is 11.2. The number of rotatable bonds is 2. The van der Waals surface area contributed by atoms with E-state index in [1.807, 2.05) is 0 Å². The van der Waals surface area contributed by atoms with Gasteiger partial charge in [-0.25, -0.2) is 9.48 Å². The first-order chi connectivity index (χ1) is 7.31. The van der Waals surface area contributed by atoms with Crippen molar-refractivity contribution in [3.63, 3.8) is 0 Å². The first-order valence-corrected chi connectivity index (χ1v) is 5.05. The Hall–Kier alpha value is -1.36. The molecule has 1 aromatic rings. The summed E-state index contributed by atoms with van der Waals surface area (Å²) in [6.45, 7) is 0.762. The van der Waals surface area contributed by atoms with Crippen molar-refractivity contribution < 1.29 is 14.3 Å². The summed E-state index contributed by atoms with van der Waals surface area (Å²) in [5.74, 6) is -0.364. The average Bonchev–Trinajstić information content (AvgIpc) is 2.78. The van der Waals surface area contributed by atoms with Crippen LogP contribution >= 0.6 is 0 Å². The molecule has 82 valence electrons. The van der Waals surface area contributed by atoms with E-state index in [0.29, 0.717) is 5.56 Å². The summed E-state index contributed by atoms with van der Waals surface area (Å²) in [5, 5.41) is 4.10. The van der Waals surface area contributed by atoms with Gasteiger partial charge in [-0.1, -0.05) is 0 Å². The minimum Gasteiger partial charge on any atom is -0.465 e. The molecule has 0 aromatic carbocycles. The summed E-state index contributed by atoms with van der Waals surface area (Å²) in [7, 11) is 1.36. The lowest BCUT2D eigenvalue weighted by molar-refractivity contribution is -0.0395. The Kier molecular flexibility index (Phi) is 3.01. The Labute approximate surface area is 88.0 Å². The third-order valence-corrected chi connectivity index (χ3v) is 2.47. The Morgan fingerprint density at radius 1 is 1.67 bits per heavy atom. The van der Waals surface area contributed by atoms with Crippen molar-refractivity contribution in [3.05, 3.63) is 18.0 Å². The highest BCUT2D eigenvalue weighted by molar-refractivity contribution is 5.88. The van der Waals surface area contributed by atoms with Gasteiger partial charge in [-0.2, -0.15) is 5.10 Å². The molecule has 2 rings (SSSR count). The summed E-state index contributed by atoms with van der Waals surface area (Å²) >= 11 is 0. The van der Waals surface area contributed by atoms with Crippen molar-refractivity contribution in [1.29, 1.82) is 0 Å². The Balaban J connectivity index is 2.08. The quantitative estimate of drug-likeness (QED) is 0.692. The molecule has 0 N–H and O–H groups in total. The molecule has 0 radical (unpaired) electrons. The maximum atomic E-state index is 11.2. The SMILES string of the molecule is COC(=O)c1cnn(C2CCCCO2)c1. The van der Waals surface area contributed by atoms with Gasteiger partial charge < -0.3 is 9.47 Å². The van der Waals surface area contributed by atoms with Crippen molar-refractivity contribution >= 4 is 5.97 Å². The summed E-state index contributed by atoms with van der Waals surface area (Å²) in [4.78, 5) is 11.2. The van der Waals surface area contributed by atoms with Crippen LogP contribution in [0, 0.1) is 0 Å². The second-order valence-electron chi connectivity index (χ2n) is 3.52. The van der Waals surface area contributed by atoms with Gasteiger partial charge in [-0.15, -0.1) is 0 Å². The Bertz CT molecular complexity index is 342. The van der Waals surface area contributed by atoms with Gasteiger partial charge in [-0.3, -0.25) is 0 Å². The molecule has 2 heterocycles. The molecule has 0 bridgehead atoms. The predicted octanol–water partition coefficient (Wildman–Crippen LogP) is 1.37. The lowest BCUT2D eigenvalue weighted by Crippen LogP contribution is -2.18. The molecule has 0 saturated carbocycles. The molecule has 1 fully saturated rings. The van der Waals surface area contributed by atoms with Crippen molar-refractivity contribution in [2.24, 2.45) is 0 Å². The number of carbonyl (C=O) groups excluding carboxylic acids is 1. The zero-order chi connectivity index (χ0) is 10.7. The maximum Gasteiger partial charge on any atom is 0.341 e.